The molecule has 0 aliphatic carbocycles. The van der Waals surface area contributed by atoms with E-state index in [4.69, 9.17) is 9.84 Å². The Morgan fingerprint density at radius 2 is 2.15 bits per heavy atom. The van der Waals surface area contributed by atoms with E-state index in [-0.39, 0.29) is 31.1 Å². The molecule has 0 spiro atoms. The van der Waals surface area contributed by atoms with Gasteiger partial charge in [-0.3, -0.25) is 4.79 Å². The molecule has 20 heavy (non-hydrogen) atoms. The molecular weight excluding hydrogens is 258 g/mol. The van der Waals surface area contributed by atoms with Gasteiger partial charge in [-0.15, -0.1) is 0 Å². The van der Waals surface area contributed by atoms with E-state index in [1.165, 1.54) is 4.90 Å². The molecule has 5 heteroatoms. The molecule has 1 N–H and O–H groups in total. The third-order valence-electron chi connectivity index (χ3n) is 3.50. The van der Waals surface area contributed by atoms with Crippen LogP contribution < -0.4 is 0 Å². The molecule has 2 rings (SSSR count). The summed E-state index contributed by atoms with van der Waals surface area (Å²) in [5.41, 5.74) is 1.06. The molecule has 0 saturated carbocycles. The molecule has 1 fully saturated rings. The number of hydrogen-bond acceptors (Lipinski definition) is 4. The average Bonchev–Trinajstić information content (AvgIpc) is 2.80. The molecule has 2 amide bonds. The Bertz CT molecular complexity index is 474. The first-order valence-electron chi connectivity index (χ1n) is 6.78. The van der Waals surface area contributed by atoms with Gasteiger partial charge < -0.3 is 9.84 Å². The van der Waals surface area contributed by atoms with Crippen molar-refractivity contribution in [1.29, 1.82) is 0 Å². The molecule has 1 aliphatic heterocycles. The number of ether oxygens (including phenoxy) is 1. The van der Waals surface area contributed by atoms with Crippen LogP contribution in [0, 0.1) is 5.92 Å². The molecule has 0 aromatic heterocycles. The number of aliphatic hydroxyl groups is 1. The first-order chi connectivity index (χ1) is 9.63. The minimum atomic E-state index is -0.583. The predicted molar refractivity (Wildman–Crippen MR) is 73.0 cm³/mol. The molecule has 0 bridgehead atoms. The second kappa shape index (κ2) is 6.52. The summed E-state index contributed by atoms with van der Waals surface area (Å²) in [6.45, 7) is 1.87. The Morgan fingerprint density at radius 1 is 1.45 bits per heavy atom. The van der Waals surface area contributed by atoms with E-state index in [1.54, 1.807) is 6.92 Å². The lowest BCUT2D eigenvalue weighted by molar-refractivity contribution is -0.133. The second-order valence-corrected chi connectivity index (χ2v) is 5.04. The highest BCUT2D eigenvalue weighted by molar-refractivity contribution is 5.94. The highest BCUT2D eigenvalue weighted by atomic mass is 16.6. The van der Waals surface area contributed by atoms with Gasteiger partial charge in [-0.1, -0.05) is 37.3 Å². The molecule has 1 heterocycles. The standard InChI is InChI=1S/C15H19NO4/c1-11(7-8-17)14(18)16-13(10-20-15(16)19)9-12-5-3-2-4-6-12/h2-6,11,13,17H,7-10H2,1H3/t11?,13-/m0/s1. The molecule has 1 unspecified atom stereocenters. The van der Waals surface area contributed by atoms with E-state index in [0.29, 0.717) is 12.8 Å². The van der Waals surface area contributed by atoms with Gasteiger partial charge in [0.15, 0.2) is 0 Å². The number of amides is 2. The lowest BCUT2D eigenvalue weighted by atomic mass is 10.0. The lowest BCUT2D eigenvalue weighted by Gasteiger charge is -2.22. The lowest BCUT2D eigenvalue weighted by Crippen LogP contribution is -2.43. The summed E-state index contributed by atoms with van der Waals surface area (Å²) < 4.78 is 5.00. The first-order valence-corrected chi connectivity index (χ1v) is 6.78. The maximum atomic E-state index is 12.3. The van der Waals surface area contributed by atoms with E-state index >= 15 is 0 Å². The van der Waals surface area contributed by atoms with Crippen LogP contribution in [0.1, 0.15) is 18.9 Å². The van der Waals surface area contributed by atoms with Crippen molar-refractivity contribution in [2.24, 2.45) is 5.92 Å². The number of cyclic esters (lactones) is 1. The topological polar surface area (TPSA) is 66.8 Å². The summed E-state index contributed by atoms with van der Waals surface area (Å²) in [5.74, 6) is -0.661. The number of nitrogens with zero attached hydrogens (tertiary/aromatic N) is 1. The van der Waals surface area contributed by atoms with Crippen LogP contribution in [0.4, 0.5) is 4.79 Å². The van der Waals surface area contributed by atoms with Gasteiger partial charge in [0.1, 0.15) is 6.61 Å². The fourth-order valence-corrected chi connectivity index (χ4v) is 2.32. The Kier molecular flexibility index (Phi) is 4.74. The van der Waals surface area contributed by atoms with Crippen LogP contribution >= 0.6 is 0 Å². The van der Waals surface area contributed by atoms with Gasteiger partial charge in [0.25, 0.3) is 0 Å². The Labute approximate surface area is 118 Å². The van der Waals surface area contributed by atoms with Crippen LogP contribution in [0.15, 0.2) is 30.3 Å². The van der Waals surface area contributed by atoms with Crippen molar-refractivity contribution < 1.29 is 19.4 Å². The van der Waals surface area contributed by atoms with Crippen molar-refractivity contribution in [2.75, 3.05) is 13.2 Å². The van der Waals surface area contributed by atoms with Crippen molar-refractivity contribution in [3.63, 3.8) is 0 Å². The maximum absolute atomic E-state index is 12.3. The number of benzene rings is 1. The third-order valence-corrected chi connectivity index (χ3v) is 3.50. The van der Waals surface area contributed by atoms with Crippen LogP contribution in [-0.2, 0) is 16.0 Å². The number of hydrogen-bond donors (Lipinski definition) is 1. The molecule has 0 radical (unpaired) electrons. The van der Waals surface area contributed by atoms with Crippen LogP contribution in [-0.4, -0.2) is 41.3 Å². The fraction of sp³-hybridized carbons (Fsp3) is 0.467. The van der Waals surface area contributed by atoms with Crippen molar-refractivity contribution in [3.05, 3.63) is 35.9 Å². The summed E-state index contributed by atoms with van der Waals surface area (Å²) in [5, 5.41) is 8.91. The Hall–Kier alpha value is -1.88. The van der Waals surface area contributed by atoms with Crippen molar-refractivity contribution in [1.82, 2.24) is 4.90 Å². The Balaban J connectivity index is 2.08. The maximum Gasteiger partial charge on any atom is 0.416 e. The highest BCUT2D eigenvalue weighted by Crippen LogP contribution is 2.20. The number of imide groups is 1. The molecule has 1 saturated heterocycles. The van der Waals surface area contributed by atoms with E-state index in [9.17, 15) is 9.59 Å². The first kappa shape index (κ1) is 14.5. The van der Waals surface area contributed by atoms with Gasteiger partial charge in [0.05, 0.1) is 6.04 Å². The van der Waals surface area contributed by atoms with Crippen molar-refractivity contribution in [3.8, 4) is 0 Å². The largest absolute Gasteiger partial charge is 0.447 e. The SMILES string of the molecule is CC(CCO)C(=O)N1C(=O)OC[C@@H]1Cc1ccccc1. The third kappa shape index (κ3) is 3.17. The van der Waals surface area contributed by atoms with Gasteiger partial charge in [-0.25, -0.2) is 9.69 Å². The quantitative estimate of drug-likeness (QED) is 0.887. The van der Waals surface area contributed by atoms with Crippen molar-refractivity contribution >= 4 is 12.0 Å². The number of carbonyl (C=O) groups excluding carboxylic acids is 2. The fourth-order valence-electron chi connectivity index (χ4n) is 2.32. The smallest absolute Gasteiger partial charge is 0.416 e. The van der Waals surface area contributed by atoms with Gasteiger partial charge in [0, 0.05) is 12.5 Å². The van der Waals surface area contributed by atoms with Crippen LogP contribution in [0.2, 0.25) is 0 Å². The summed E-state index contributed by atoms with van der Waals surface area (Å²) in [6, 6.07) is 9.43. The molecular formula is C15H19NO4. The Morgan fingerprint density at radius 3 is 2.80 bits per heavy atom. The average molecular weight is 277 g/mol. The molecule has 1 aliphatic rings. The monoisotopic (exact) mass is 277 g/mol. The number of aliphatic hydroxyl groups excluding tert-OH is 1. The van der Waals surface area contributed by atoms with E-state index in [1.807, 2.05) is 30.3 Å². The molecule has 5 nitrogen and oxygen atoms in total. The minimum absolute atomic E-state index is 0.0703. The van der Waals surface area contributed by atoms with Crippen LogP contribution in [0.3, 0.4) is 0 Å². The van der Waals surface area contributed by atoms with Crippen LogP contribution in [0.5, 0.6) is 0 Å². The summed E-state index contributed by atoms with van der Waals surface area (Å²) in [4.78, 5) is 25.2. The molecule has 1 aromatic rings. The van der Waals surface area contributed by atoms with Gasteiger partial charge in [0.2, 0.25) is 5.91 Å². The summed E-state index contributed by atoms with van der Waals surface area (Å²) in [6.07, 6.45) is 0.353. The summed E-state index contributed by atoms with van der Waals surface area (Å²) in [7, 11) is 0. The van der Waals surface area contributed by atoms with E-state index in [0.717, 1.165) is 5.56 Å². The normalized spacial score (nSPS) is 19.8. The van der Waals surface area contributed by atoms with Gasteiger partial charge in [-0.05, 0) is 18.4 Å². The zero-order chi connectivity index (χ0) is 14.5. The zero-order valence-electron chi connectivity index (χ0n) is 11.5. The second-order valence-electron chi connectivity index (χ2n) is 5.04. The molecule has 2 atom stereocenters. The molecule has 1 aromatic carbocycles. The van der Waals surface area contributed by atoms with Crippen LogP contribution in [0.25, 0.3) is 0 Å². The molecule has 108 valence electrons. The van der Waals surface area contributed by atoms with Crippen molar-refractivity contribution in [2.45, 2.75) is 25.8 Å². The minimum Gasteiger partial charge on any atom is -0.447 e. The van der Waals surface area contributed by atoms with Gasteiger partial charge in [-0.2, -0.15) is 0 Å². The zero-order valence-corrected chi connectivity index (χ0v) is 11.5. The predicted octanol–water partition coefficient (Wildman–Crippen LogP) is 1.60. The number of rotatable bonds is 5. The number of carbonyl (C=O) groups is 2. The summed E-state index contributed by atoms with van der Waals surface area (Å²) >= 11 is 0. The van der Waals surface area contributed by atoms with E-state index < -0.39 is 6.09 Å². The highest BCUT2D eigenvalue weighted by Gasteiger charge is 2.39. The van der Waals surface area contributed by atoms with E-state index in [2.05, 4.69) is 0 Å². The van der Waals surface area contributed by atoms with Gasteiger partial charge >= 0.3 is 6.09 Å².